The third-order valence-electron chi connectivity index (χ3n) is 4.38. The normalized spacial score (nSPS) is 18.8. The highest BCUT2D eigenvalue weighted by Crippen LogP contribution is 2.30. The minimum Gasteiger partial charge on any atom is -0.349 e. The third-order valence-corrected chi connectivity index (χ3v) is 6.83. The average Bonchev–Trinajstić information content (AvgIpc) is 3.16. The van der Waals surface area contributed by atoms with Crippen molar-refractivity contribution in [3.63, 3.8) is 0 Å². The van der Waals surface area contributed by atoms with E-state index in [0.29, 0.717) is 28.0 Å². The second-order valence-corrected chi connectivity index (χ2v) is 9.95. The summed E-state index contributed by atoms with van der Waals surface area (Å²) in [5, 5.41) is 7.84. The predicted octanol–water partition coefficient (Wildman–Crippen LogP) is 2.86. The molecule has 1 aliphatic rings. The van der Waals surface area contributed by atoms with Crippen molar-refractivity contribution in [2.24, 2.45) is 5.92 Å². The summed E-state index contributed by atoms with van der Waals surface area (Å²) in [7, 11) is -2.98. The number of carbonyl (C=O) groups excluding carboxylic acids is 1. The van der Waals surface area contributed by atoms with Crippen molar-refractivity contribution in [3.05, 3.63) is 39.9 Å². The number of sulfone groups is 1. The minimum absolute atomic E-state index is 0.00413. The average molecular weight is 431 g/mol. The van der Waals surface area contributed by atoms with Gasteiger partial charge in [0.25, 0.3) is 5.91 Å². The maximum absolute atomic E-state index is 12.5. The molecular weight excluding hydrogens is 411 g/mol. The maximum atomic E-state index is 12.5. The van der Waals surface area contributed by atoms with E-state index in [-0.39, 0.29) is 35.7 Å². The number of amides is 1. The number of hydrogen-bond acceptors (Lipinski definition) is 5. The highest BCUT2D eigenvalue weighted by Gasteiger charge is 2.29. The Kier molecular flexibility index (Phi) is 5.79. The summed E-state index contributed by atoms with van der Waals surface area (Å²) in [6.07, 6.45) is 0.553. The quantitative estimate of drug-likeness (QED) is 0.786. The highest BCUT2D eigenvalue weighted by molar-refractivity contribution is 7.91. The first-order valence-electron chi connectivity index (χ1n) is 8.58. The van der Waals surface area contributed by atoms with E-state index in [0.717, 1.165) is 0 Å². The molecule has 0 saturated carbocycles. The summed E-state index contributed by atoms with van der Waals surface area (Å²) < 4.78 is 24.6. The molecule has 0 radical (unpaired) electrons. The smallest absolute Gasteiger partial charge is 0.290 e. The third kappa shape index (κ3) is 4.44. The van der Waals surface area contributed by atoms with Gasteiger partial charge in [0, 0.05) is 12.5 Å². The zero-order valence-corrected chi connectivity index (χ0v) is 17.3. The molecule has 1 aromatic carbocycles. The molecule has 1 N–H and O–H groups in total. The molecule has 146 valence electrons. The molecule has 1 fully saturated rings. The number of benzene rings is 1. The van der Waals surface area contributed by atoms with Gasteiger partial charge in [-0.2, -0.15) is 0 Å². The van der Waals surface area contributed by atoms with E-state index in [1.807, 2.05) is 13.8 Å². The summed E-state index contributed by atoms with van der Waals surface area (Å²) in [5.74, 6) is 0.261. The zero-order chi connectivity index (χ0) is 19.8. The van der Waals surface area contributed by atoms with Gasteiger partial charge in [0.15, 0.2) is 9.84 Å². The van der Waals surface area contributed by atoms with Crippen molar-refractivity contribution in [2.45, 2.75) is 26.2 Å². The van der Waals surface area contributed by atoms with Crippen LogP contribution in [0.5, 0.6) is 0 Å². The van der Waals surface area contributed by atoms with Crippen LogP contribution in [0.3, 0.4) is 0 Å². The fourth-order valence-corrected chi connectivity index (χ4v) is 5.42. The molecule has 0 spiro atoms. The van der Waals surface area contributed by atoms with Crippen LogP contribution in [0.15, 0.2) is 18.2 Å². The van der Waals surface area contributed by atoms with Crippen LogP contribution >= 0.6 is 23.2 Å². The van der Waals surface area contributed by atoms with Gasteiger partial charge < -0.3 is 5.32 Å². The first-order chi connectivity index (χ1) is 12.7. The van der Waals surface area contributed by atoms with Crippen molar-refractivity contribution in [1.82, 2.24) is 20.1 Å². The lowest BCUT2D eigenvalue weighted by molar-refractivity contribution is 0.0938. The van der Waals surface area contributed by atoms with Crippen molar-refractivity contribution in [2.75, 3.05) is 18.1 Å². The van der Waals surface area contributed by atoms with E-state index in [2.05, 4.69) is 15.4 Å². The topological polar surface area (TPSA) is 93.9 Å². The summed E-state index contributed by atoms with van der Waals surface area (Å²) in [6, 6.07) is 5.10. The number of rotatable bonds is 5. The van der Waals surface area contributed by atoms with Crippen LogP contribution in [0.25, 0.3) is 5.69 Å². The van der Waals surface area contributed by atoms with Gasteiger partial charge in [-0.15, -0.1) is 5.10 Å². The monoisotopic (exact) mass is 430 g/mol. The molecule has 3 rings (SSSR count). The Hall–Kier alpha value is -1.64. The van der Waals surface area contributed by atoms with Gasteiger partial charge >= 0.3 is 0 Å². The van der Waals surface area contributed by atoms with Crippen LogP contribution in [0.2, 0.25) is 10.0 Å². The van der Waals surface area contributed by atoms with Crippen LogP contribution < -0.4 is 5.32 Å². The van der Waals surface area contributed by atoms with E-state index in [9.17, 15) is 13.2 Å². The first-order valence-corrected chi connectivity index (χ1v) is 11.2. The number of carbonyl (C=O) groups is 1. The standard InChI is InChI=1S/C17H20Cl2N4O3S/c1-10(2)16-21-15(17(24)20-8-11-6-7-27(25,26)9-11)22-23(16)14-12(18)4-3-5-13(14)19/h3-5,10-11H,6-9H2,1-2H3,(H,20,24). The Morgan fingerprint density at radius 1 is 1.33 bits per heavy atom. The molecule has 1 amide bonds. The first kappa shape index (κ1) is 20.1. The maximum Gasteiger partial charge on any atom is 0.290 e. The minimum atomic E-state index is -2.98. The molecule has 1 aliphatic heterocycles. The van der Waals surface area contributed by atoms with E-state index in [1.165, 1.54) is 4.68 Å². The molecule has 1 atom stereocenters. The summed E-state index contributed by atoms with van der Waals surface area (Å²) >= 11 is 12.5. The van der Waals surface area contributed by atoms with Crippen LogP contribution in [0.1, 0.15) is 42.6 Å². The molecule has 0 bridgehead atoms. The molecular formula is C17H20Cl2N4O3S. The van der Waals surface area contributed by atoms with Crippen molar-refractivity contribution in [1.29, 1.82) is 0 Å². The van der Waals surface area contributed by atoms with E-state index < -0.39 is 15.7 Å². The molecule has 0 aliphatic carbocycles. The van der Waals surface area contributed by atoms with Gasteiger partial charge in [-0.25, -0.2) is 18.1 Å². The lowest BCUT2D eigenvalue weighted by atomic mass is 10.1. The Labute approximate surface area is 168 Å². The molecule has 7 nitrogen and oxygen atoms in total. The largest absolute Gasteiger partial charge is 0.349 e. The number of nitrogens with one attached hydrogen (secondary N) is 1. The lowest BCUT2D eigenvalue weighted by Gasteiger charge is -2.11. The van der Waals surface area contributed by atoms with Crippen molar-refractivity contribution < 1.29 is 13.2 Å². The molecule has 2 heterocycles. The molecule has 1 saturated heterocycles. The predicted molar refractivity (Wildman–Crippen MR) is 105 cm³/mol. The van der Waals surface area contributed by atoms with E-state index in [1.54, 1.807) is 18.2 Å². The number of aromatic nitrogens is 3. The Morgan fingerprint density at radius 3 is 2.56 bits per heavy atom. The van der Waals surface area contributed by atoms with Gasteiger partial charge in [-0.3, -0.25) is 4.79 Å². The van der Waals surface area contributed by atoms with Crippen molar-refractivity contribution in [3.8, 4) is 5.69 Å². The molecule has 1 unspecified atom stereocenters. The lowest BCUT2D eigenvalue weighted by Crippen LogP contribution is -2.30. The summed E-state index contributed by atoms with van der Waals surface area (Å²) in [4.78, 5) is 16.8. The van der Waals surface area contributed by atoms with Gasteiger partial charge in [0.05, 0.1) is 21.6 Å². The number of para-hydroxylation sites is 1. The van der Waals surface area contributed by atoms with Gasteiger partial charge in [0.1, 0.15) is 11.5 Å². The summed E-state index contributed by atoms with van der Waals surface area (Å²) in [5.41, 5.74) is 0.470. The van der Waals surface area contributed by atoms with Crippen LogP contribution in [-0.2, 0) is 9.84 Å². The van der Waals surface area contributed by atoms with Crippen molar-refractivity contribution >= 4 is 38.9 Å². The summed E-state index contributed by atoms with van der Waals surface area (Å²) in [6.45, 7) is 4.13. The van der Waals surface area contributed by atoms with E-state index >= 15 is 0 Å². The molecule has 1 aromatic heterocycles. The van der Waals surface area contributed by atoms with Gasteiger partial charge in [-0.1, -0.05) is 43.1 Å². The SMILES string of the molecule is CC(C)c1nc(C(=O)NCC2CCS(=O)(=O)C2)nn1-c1c(Cl)cccc1Cl. The Bertz CT molecular complexity index is 952. The Morgan fingerprint density at radius 2 is 2.00 bits per heavy atom. The molecule has 10 heteroatoms. The van der Waals surface area contributed by atoms with Crippen LogP contribution in [0, 0.1) is 5.92 Å². The number of nitrogens with zero attached hydrogens (tertiary/aromatic N) is 3. The van der Waals surface area contributed by atoms with Crippen LogP contribution in [0.4, 0.5) is 0 Å². The second-order valence-electron chi connectivity index (χ2n) is 6.91. The molecule has 27 heavy (non-hydrogen) atoms. The molecule has 2 aromatic rings. The zero-order valence-electron chi connectivity index (χ0n) is 14.9. The van der Waals surface area contributed by atoms with E-state index in [4.69, 9.17) is 23.2 Å². The number of halogens is 2. The number of hydrogen-bond donors (Lipinski definition) is 1. The fourth-order valence-electron chi connectivity index (χ4n) is 3.00. The van der Waals surface area contributed by atoms with Gasteiger partial charge in [0.2, 0.25) is 5.82 Å². The second kappa shape index (κ2) is 7.77. The highest BCUT2D eigenvalue weighted by atomic mass is 35.5. The fraction of sp³-hybridized carbons (Fsp3) is 0.471. The van der Waals surface area contributed by atoms with Gasteiger partial charge in [-0.05, 0) is 24.5 Å². The Balaban J connectivity index is 1.84. The van der Waals surface area contributed by atoms with Crippen LogP contribution in [-0.4, -0.2) is 47.1 Å².